The number of hydrogen-bond donors (Lipinski definition) is 2. The summed E-state index contributed by atoms with van der Waals surface area (Å²) in [6, 6.07) is 7.83. The van der Waals surface area contributed by atoms with E-state index in [-0.39, 0.29) is 0 Å². The normalized spacial score (nSPS) is 10.7. The zero-order valence-corrected chi connectivity index (χ0v) is 11.2. The molecule has 0 fully saturated rings. The fourth-order valence-corrected chi connectivity index (χ4v) is 2.65. The van der Waals surface area contributed by atoms with Crippen LogP contribution in [0.15, 0.2) is 42.0 Å². The van der Waals surface area contributed by atoms with Crippen molar-refractivity contribution in [2.45, 2.75) is 6.42 Å². The van der Waals surface area contributed by atoms with Gasteiger partial charge in [-0.1, -0.05) is 12.1 Å². The highest BCUT2D eigenvalue weighted by molar-refractivity contribution is 7.09. The molecule has 0 aliphatic carbocycles. The van der Waals surface area contributed by atoms with Crippen LogP contribution >= 0.6 is 11.3 Å². The number of para-hydroxylation sites is 1. The smallest absolute Gasteiger partial charge is 0.0951 e. The molecule has 0 unspecified atom stereocenters. The van der Waals surface area contributed by atoms with Crippen LogP contribution in [0, 0.1) is 0 Å². The minimum Gasteiger partial charge on any atom is -0.397 e. The predicted octanol–water partition coefficient (Wildman–Crippen LogP) is 2.93. The molecule has 0 aliphatic heterocycles. The number of aromatic nitrogens is 2. The third-order valence-corrected chi connectivity index (χ3v) is 3.78. The monoisotopic (exact) mass is 270 g/mol. The molecule has 4 nitrogen and oxygen atoms in total. The van der Waals surface area contributed by atoms with Gasteiger partial charge in [0.2, 0.25) is 0 Å². The van der Waals surface area contributed by atoms with Crippen LogP contribution in [0.5, 0.6) is 0 Å². The minimum absolute atomic E-state index is 0.709. The lowest BCUT2D eigenvalue weighted by atomic mass is 10.1. The van der Waals surface area contributed by atoms with Crippen LogP contribution in [0.2, 0.25) is 0 Å². The van der Waals surface area contributed by atoms with Gasteiger partial charge in [-0.2, -0.15) is 0 Å². The summed E-state index contributed by atoms with van der Waals surface area (Å²) in [7, 11) is 0. The Kier molecular flexibility index (Phi) is 3.29. The van der Waals surface area contributed by atoms with Gasteiger partial charge in [-0.15, -0.1) is 11.3 Å². The maximum atomic E-state index is 5.93. The van der Waals surface area contributed by atoms with E-state index in [0.29, 0.717) is 5.69 Å². The van der Waals surface area contributed by atoms with Gasteiger partial charge in [-0.05, 0) is 12.1 Å². The van der Waals surface area contributed by atoms with E-state index in [2.05, 4.69) is 15.3 Å². The number of nitrogen functional groups attached to an aromatic ring is 1. The van der Waals surface area contributed by atoms with Crippen molar-refractivity contribution < 1.29 is 0 Å². The lowest BCUT2D eigenvalue weighted by molar-refractivity contribution is 0.999. The molecule has 1 aromatic carbocycles. The van der Waals surface area contributed by atoms with Crippen LogP contribution in [0.3, 0.4) is 0 Å². The van der Waals surface area contributed by atoms with E-state index in [1.165, 1.54) is 0 Å². The molecule has 0 radical (unpaired) electrons. The first-order valence-electron chi connectivity index (χ1n) is 6.10. The molecule has 5 heteroatoms. The van der Waals surface area contributed by atoms with E-state index in [9.17, 15) is 0 Å². The van der Waals surface area contributed by atoms with Crippen molar-refractivity contribution in [1.82, 2.24) is 9.97 Å². The second-order valence-electron chi connectivity index (χ2n) is 4.20. The molecule has 2 heterocycles. The molecule has 0 atom stereocenters. The SMILES string of the molecule is Nc1cccc2c(NCCc3nccs3)ccnc12. The molecule has 0 amide bonds. The van der Waals surface area contributed by atoms with Gasteiger partial charge >= 0.3 is 0 Å². The minimum atomic E-state index is 0.709. The number of fused-ring (bicyclic) bond motifs is 1. The van der Waals surface area contributed by atoms with Gasteiger partial charge < -0.3 is 11.1 Å². The Morgan fingerprint density at radius 1 is 1.16 bits per heavy atom. The lowest BCUT2D eigenvalue weighted by Gasteiger charge is -2.09. The molecule has 0 bridgehead atoms. The maximum Gasteiger partial charge on any atom is 0.0951 e. The Morgan fingerprint density at radius 3 is 2.95 bits per heavy atom. The number of rotatable bonds is 4. The molecule has 3 rings (SSSR count). The molecule has 3 aromatic rings. The highest BCUT2D eigenvalue weighted by Gasteiger charge is 2.04. The number of thiazole rings is 1. The van der Waals surface area contributed by atoms with Gasteiger partial charge in [0.05, 0.1) is 16.2 Å². The van der Waals surface area contributed by atoms with Gasteiger partial charge in [0.1, 0.15) is 0 Å². The van der Waals surface area contributed by atoms with E-state index < -0.39 is 0 Å². The zero-order chi connectivity index (χ0) is 13.1. The van der Waals surface area contributed by atoms with Crippen LogP contribution < -0.4 is 11.1 Å². The highest BCUT2D eigenvalue weighted by Crippen LogP contribution is 2.25. The molecule has 2 aromatic heterocycles. The van der Waals surface area contributed by atoms with E-state index in [1.54, 1.807) is 17.5 Å². The van der Waals surface area contributed by atoms with Crippen LogP contribution in [0.4, 0.5) is 11.4 Å². The van der Waals surface area contributed by atoms with Gasteiger partial charge in [0, 0.05) is 41.8 Å². The molecular weight excluding hydrogens is 256 g/mol. The predicted molar refractivity (Wildman–Crippen MR) is 80.5 cm³/mol. The Hall–Kier alpha value is -2.14. The topological polar surface area (TPSA) is 63.8 Å². The van der Waals surface area contributed by atoms with Crippen molar-refractivity contribution in [3.8, 4) is 0 Å². The summed E-state index contributed by atoms with van der Waals surface area (Å²) in [5, 5.41) is 7.62. The third kappa shape index (κ3) is 2.51. The van der Waals surface area contributed by atoms with Gasteiger partial charge in [0.25, 0.3) is 0 Å². The van der Waals surface area contributed by atoms with Crippen molar-refractivity contribution in [2.75, 3.05) is 17.6 Å². The third-order valence-electron chi connectivity index (χ3n) is 2.94. The van der Waals surface area contributed by atoms with Crippen LogP contribution in [-0.2, 0) is 6.42 Å². The number of nitrogens with zero attached hydrogens (tertiary/aromatic N) is 2. The summed E-state index contributed by atoms with van der Waals surface area (Å²) in [6.07, 6.45) is 4.54. The average Bonchev–Trinajstić information content (AvgIpc) is 2.93. The van der Waals surface area contributed by atoms with Gasteiger partial charge in [0.15, 0.2) is 0 Å². The van der Waals surface area contributed by atoms with Crippen molar-refractivity contribution in [1.29, 1.82) is 0 Å². The van der Waals surface area contributed by atoms with E-state index in [1.807, 2.05) is 35.8 Å². The summed E-state index contributed by atoms with van der Waals surface area (Å²) in [5.74, 6) is 0. The molecule has 19 heavy (non-hydrogen) atoms. The Balaban J connectivity index is 1.79. The quantitative estimate of drug-likeness (QED) is 0.715. The maximum absolute atomic E-state index is 5.93. The fraction of sp³-hybridized carbons (Fsp3) is 0.143. The molecule has 96 valence electrons. The van der Waals surface area contributed by atoms with Crippen LogP contribution in [-0.4, -0.2) is 16.5 Å². The summed E-state index contributed by atoms with van der Waals surface area (Å²) >= 11 is 1.68. The first kappa shape index (κ1) is 11.9. The first-order chi connectivity index (χ1) is 9.34. The Labute approximate surface area is 115 Å². The molecule has 0 spiro atoms. The van der Waals surface area contributed by atoms with E-state index in [4.69, 9.17) is 5.73 Å². The number of anilines is 2. The Bertz CT molecular complexity index is 679. The molecular formula is C14H14N4S. The van der Waals surface area contributed by atoms with Crippen LogP contribution in [0.1, 0.15) is 5.01 Å². The second-order valence-corrected chi connectivity index (χ2v) is 5.18. The number of nitrogens with one attached hydrogen (secondary N) is 1. The van der Waals surface area contributed by atoms with Crippen molar-refractivity contribution >= 4 is 33.6 Å². The lowest BCUT2D eigenvalue weighted by Crippen LogP contribution is -2.05. The Morgan fingerprint density at radius 2 is 2.11 bits per heavy atom. The fourth-order valence-electron chi connectivity index (χ4n) is 2.03. The van der Waals surface area contributed by atoms with Crippen molar-refractivity contribution in [2.24, 2.45) is 0 Å². The number of hydrogen-bond acceptors (Lipinski definition) is 5. The van der Waals surface area contributed by atoms with Gasteiger partial charge in [-0.3, -0.25) is 4.98 Å². The van der Waals surface area contributed by atoms with Gasteiger partial charge in [-0.25, -0.2) is 4.98 Å². The highest BCUT2D eigenvalue weighted by atomic mass is 32.1. The average molecular weight is 270 g/mol. The second kappa shape index (κ2) is 5.24. The summed E-state index contributed by atoms with van der Waals surface area (Å²) in [6.45, 7) is 0.849. The summed E-state index contributed by atoms with van der Waals surface area (Å²) < 4.78 is 0. The molecule has 0 aliphatic rings. The largest absolute Gasteiger partial charge is 0.397 e. The van der Waals surface area contributed by atoms with Crippen molar-refractivity contribution in [3.05, 3.63) is 47.0 Å². The zero-order valence-electron chi connectivity index (χ0n) is 10.3. The van der Waals surface area contributed by atoms with E-state index >= 15 is 0 Å². The molecule has 0 saturated heterocycles. The van der Waals surface area contributed by atoms with E-state index in [0.717, 1.165) is 34.6 Å². The standard InChI is InChI=1S/C14H14N4S/c15-11-3-1-2-10-12(4-6-18-14(10)11)16-7-5-13-17-8-9-19-13/h1-4,6,8-9H,5,7,15H2,(H,16,18). The number of benzene rings is 1. The number of nitrogens with two attached hydrogens (primary N) is 1. The molecule has 0 saturated carbocycles. The first-order valence-corrected chi connectivity index (χ1v) is 6.98. The number of pyridine rings is 1. The van der Waals surface area contributed by atoms with Crippen molar-refractivity contribution in [3.63, 3.8) is 0 Å². The van der Waals surface area contributed by atoms with Crippen LogP contribution in [0.25, 0.3) is 10.9 Å². The summed E-state index contributed by atoms with van der Waals surface area (Å²) in [4.78, 5) is 8.59. The molecule has 3 N–H and O–H groups in total. The summed E-state index contributed by atoms with van der Waals surface area (Å²) in [5.41, 5.74) is 8.55.